The molecule has 0 unspecified atom stereocenters. The predicted molar refractivity (Wildman–Crippen MR) is 128 cm³/mol. The molecule has 10 heteroatoms. The Morgan fingerprint density at radius 1 is 1.12 bits per heavy atom. The number of fused-ring (bicyclic) bond motifs is 1. The van der Waals surface area contributed by atoms with Crippen LogP contribution in [0.4, 0.5) is 5.95 Å². The molecule has 9 nitrogen and oxygen atoms in total. The fraction of sp³-hybridized carbons (Fsp3) is 0.500. The third kappa shape index (κ3) is 4.91. The van der Waals surface area contributed by atoms with E-state index in [0.717, 1.165) is 14.6 Å². The fourth-order valence-electron chi connectivity index (χ4n) is 3.92. The lowest BCUT2D eigenvalue weighted by atomic mass is 10.2. The number of anilines is 1. The van der Waals surface area contributed by atoms with Gasteiger partial charge in [0.2, 0.25) is 5.95 Å². The number of ether oxygens (including phenoxy) is 1. The van der Waals surface area contributed by atoms with E-state index >= 15 is 0 Å². The molecule has 32 heavy (non-hydrogen) atoms. The molecule has 3 aromatic rings. The quantitative estimate of drug-likeness (QED) is 0.529. The molecule has 1 aromatic carbocycles. The van der Waals surface area contributed by atoms with Crippen molar-refractivity contribution < 1.29 is 9.84 Å². The van der Waals surface area contributed by atoms with Crippen LogP contribution >= 0.6 is 15.9 Å². The number of hydrogen-bond donors (Lipinski definition) is 2. The normalized spacial score (nSPS) is 13.2. The summed E-state index contributed by atoms with van der Waals surface area (Å²) in [5, 5.41) is 9.30. The van der Waals surface area contributed by atoms with Crippen LogP contribution in [0.3, 0.4) is 0 Å². The van der Waals surface area contributed by atoms with Crippen molar-refractivity contribution in [1.82, 2.24) is 18.7 Å². The monoisotopic (exact) mass is 507 g/mol. The summed E-state index contributed by atoms with van der Waals surface area (Å²) < 4.78 is 9.96. The average Bonchev–Trinajstić information content (AvgIpc) is 3.45. The van der Waals surface area contributed by atoms with Gasteiger partial charge in [0, 0.05) is 6.54 Å². The zero-order chi connectivity index (χ0) is 23.3. The second-order valence-electron chi connectivity index (χ2n) is 7.67. The Kier molecular flexibility index (Phi) is 8.14. The molecule has 174 valence electrons. The smallest absolute Gasteiger partial charge is 0.332 e. The highest BCUT2D eigenvalue weighted by Crippen LogP contribution is 2.26. The van der Waals surface area contributed by atoms with E-state index in [4.69, 9.17) is 10.5 Å². The number of rotatable bonds is 6. The van der Waals surface area contributed by atoms with Crippen LogP contribution in [0.2, 0.25) is 0 Å². The number of aromatic nitrogens is 4. The minimum absolute atomic E-state index is 0.0279. The van der Waals surface area contributed by atoms with Gasteiger partial charge in [-0.2, -0.15) is 4.98 Å². The molecule has 0 spiro atoms. The van der Waals surface area contributed by atoms with E-state index in [9.17, 15) is 14.7 Å². The lowest BCUT2D eigenvalue weighted by molar-refractivity contribution is 0.274. The molecule has 0 amide bonds. The van der Waals surface area contributed by atoms with Gasteiger partial charge in [-0.25, -0.2) is 4.79 Å². The number of nitrogens with zero attached hydrogens (tertiary/aromatic N) is 4. The number of hydrogen-bond acceptors (Lipinski definition) is 6. The molecule has 0 atom stereocenters. The Morgan fingerprint density at radius 2 is 1.78 bits per heavy atom. The van der Waals surface area contributed by atoms with Crippen molar-refractivity contribution in [2.24, 2.45) is 0 Å². The molecule has 0 saturated heterocycles. The van der Waals surface area contributed by atoms with Gasteiger partial charge in [-0.05, 0) is 40.5 Å². The summed E-state index contributed by atoms with van der Waals surface area (Å²) in [4.78, 5) is 29.6. The summed E-state index contributed by atoms with van der Waals surface area (Å²) in [6.07, 6.45) is 7.50. The summed E-state index contributed by atoms with van der Waals surface area (Å²) in [5.74, 6) is 0.807. The van der Waals surface area contributed by atoms with Gasteiger partial charge in [-0.3, -0.25) is 13.9 Å². The van der Waals surface area contributed by atoms with Gasteiger partial charge in [0.05, 0.1) is 31.3 Å². The van der Waals surface area contributed by atoms with Gasteiger partial charge < -0.3 is 20.1 Å². The largest absolute Gasteiger partial charge is 0.496 e. The highest BCUT2D eigenvalue weighted by molar-refractivity contribution is 9.10. The molecule has 0 radical (unpaired) electrons. The van der Waals surface area contributed by atoms with E-state index < -0.39 is 11.2 Å². The fourth-order valence-corrected chi connectivity index (χ4v) is 4.51. The van der Waals surface area contributed by atoms with E-state index in [1.165, 1.54) is 36.7 Å². The van der Waals surface area contributed by atoms with E-state index in [0.29, 0.717) is 12.3 Å². The summed E-state index contributed by atoms with van der Waals surface area (Å²) in [6, 6.07) is 5.53. The molecule has 2 aromatic heterocycles. The van der Waals surface area contributed by atoms with Crippen molar-refractivity contribution >= 4 is 33.0 Å². The van der Waals surface area contributed by atoms with Gasteiger partial charge >= 0.3 is 5.69 Å². The van der Waals surface area contributed by atoms with E-state index in [1.807, 2.05) is 12.1 Å². The number of halogens is 1. The van der Waals surface area contributed by atoms with Crippen molar-refractivity contribution in [2.45, 2.75) is 58.7 Å². The second kappa shape index (κ2) is 10.8. The first-order chi connectivity index (χ1) is 15.4. The minimum atomic E-state index is -0.513. The standard InChI is InChI=1S/C17H20BrN5O4.C5H10/c1-3-21-15(25)13-14(22(6-7-24)17(21)26)20-16(19)23(13)9-10-4-5-12(27-2)11(18)8-10;1-2-4-5-3-1/h4-5,8,24H,3,6-7,9H2,1-2H3,(H2,19,20);1-5H2. The number of nitrogen functional groups attached to an aromatic ring is 1. The zero-order valence-corrected chi connectivity index (χ0v) is 20.1. The lowest BCUT2D eigenvalue weighted by Gasteiger charge is -2.11. The van der Waals surface area contributed by atoms with E-state index in [2.05, 4.69) is 20.9 Å². The summed E-state index contributed by atoms with van der Waals surface area (Å²) in [7, 11) is 1.58. The van der Waals surface area contributed by atoms with Crippen LogP contribution in [0.15, 0.2) is 32.3 Å². The van der Waals surface area contributed by atoms with Crippen LogP contribution in [0, 0.1) is 0 Å². The summed E-state index contributed by atoms with van der Waals surface area (Å²) in [6.45, 7) is 1.98. The highest BCUT2D eigenvalue weighted by Gasteiger charge is 2.20. The van der Waals surface area contributed by atoms with Crippen LogP contribution in [0.5, 0.6) is 5.75 Å². The van der Waals surface area contributed by atoms with Crippen LogP contribution in [0.25, 0.3) is 11.2 Å². The SMILES string of the molecule is C1CCCC1.CCn1c(=O)c2c(nc(N)n2Cc2ccc(OC)c(Br)c2)n(CCO)c1=O. The predicted octanol–water partition coefficient (Wildman–Crippen LogP) is 2.72. The molecule has 2 heterocycles. The second-order valence-corrected chi connectivity index (χ2v) is 8.53. The molecular weight excluding hydrogens is 478 g/mol. The average molecular weight is 508 g/mol. The Hall–Kier alpha value is -2.59. The molecule has 0 bridgehead atoms. The number of benzene rings is 1. The Balaban J connectivity index is 0.000000509. The number of imidazole rings is 1. The Morgan fingerprint density at radius 3 is 2.31 bits per heavy atom. The Labute approximate surface area is 194 Å². The first-order valence-corrected chi connectivity index (χ1v) is 11.6. The summed E-state index contributed by atoms with van der Waals surface area (Å²) in [5.41, 5.74) is 6.37. The maximum absolute atomic E-state index is 12.9. The van der Waals surface area contributed by atoms with Gasteiger partial charge in [0.15, 0.2) is 11.2 Å². The van der Waals surface area contributed by atoms with Crippen molar-refractivity contribution in [3.63, 3.8) is 0 Å². The highest BCUT2D eigenvalue weighted by atomic mass is 79.9. The molecule has 4 rings (SSSR count). The Bertz CT molecular complexity index is 1190. The van der Waals surface area contributed by atoms with Crippen molar-refractivity contribution in [3.8, 4) is 5.75 Å². The first kappa shape index (κ1) is 24.1. The molecule has 1 saturated carbocycles. The van der Waals surface area contributed by atoms with E-state index in [-0.39, 0.29) is 36.8 Å². The van der Waals surface area contributed by atoms with Crippen LogP contribution in [0.1, 0.15) is 44.6 Å². The molecule has 1 aliphatic rings. The maximum atomic E-state index is 12.9. The minimum Gasteiger partial charge on any atom is -0.496 e. The maximum Gasteiger partial charge on any atom is 0.332 e. The molecular formula is C22H30BrN5O4. The van der Waals surface area contributed by atoms with Gasteiger partial charge in [0.25, 0.3) is 5.56 Å². The number of nitrogens with two attached hydrogens (primary N) is 1. The molecule has 0 aliphatic heterocycles. The number of aliphatic hydroxyl groups is 1. The topological polar surface area (TPSA) is 117 Å². The van der Waals surface area contributed by atoms with Crippen LogP contribution in [-0.2, 0) is 19.6 Å². The van der Waals surface area contributed by atoms with Crippen molar-refractivity contribution in [1.29, 1.82) is 0 Å². The number of aliphatic hydroxyl groups excluding tert-OH is 1. The number of methoxy groups -OCH3 is 1. The van der Waals surface area contributed by atoms with Crippen LogP contribution in [-0.4, -0.2) is 37.5 Å². The van der Waals surface area contributed by atoms with Gasteiger partial charge in [-0.15, -0.1) is 0 Å². The molecule has 1 aliphatic carbocycles. The first-order valence-electron chi connectivity index (χ1n) is 10.9. The van der Waals surface area contributed by atoms with Gasteiger partial charge in [-0.1, -0.05) is 38.2 Å². The van der Waals surface area contributed by atoms with Crippen LogP contribution < -0.4 is 21.7 Å². The molecule has 1 fully saturated rings. The van der Waals surface area contributed by atoms with Gasteiger partial charge in [0.1, 0.15) is 5.75 Å². The third-order valence-corrected chi connectivity index (χ3v) is 6.21. The van der Waals surface area contributed by atoms with Crippen molar-refractivity contribution in [2.75, 3.05) is 19.5 Å². The third-order valence-electron chi connectivity index (χ3n) is 5.59. The lowest BCUT2D eigenvalue weighted by Crippen LogP contribution is -2.40. The zero-order valence-electron chi connectivity index (χ0n) is 18.5. The summed E-state index contributed by atoms with van der Waals surface area (Å²) >= 11 is 3.44. The molecule has 3 N–H and O–H groups in total. The van der Waals surface area contributed by atoms with Crippen molar-refractivity contribution in [3.05, 3.63) is 49.1 Å². The van der Waals surface area contributed by atoms with E-state index in [1.54, 1.807) is 24.7 Å².